The molecule has 0 aliphatic heterocycles. The molecule has 0 saturated carbocycles. The number of amides is 1. The first-order valence-electron chi connectivity index (χ1n) is 5.47. The number of nitrogens with zero attached hydrogens (tertiary/aromatic N) is 1. The van der Waals surface area contributed by atoms with E-state index in [9.17, 15) is 4.79 Å². The van der Waals surface area contributed by atoms with E-state index in [0.29, 0.717) is 25.8 Å². The number of hydrogen-bond donors (Lipinski definition) is 1. The first-order valence-corrected chi connectivity index (χ1v) is 7.40. The Kier molecular flexibility index (Phi) is 4.91. The van der Waals surface area contributed by atoms with Crippen molar-refractivity contribution in [1.82, 2.24) is 4.98 Å². The van der Waals surface area contributed by atoms with E-state index in [1.54, 1.807) is 25.1 Å². The van der Waals surface area contributed by atoms with Crippen molar-refractivity contribution in [3.63, 3.8) is 0 Å². The molecule has 1 N–H and O–H groups in total. The number of halogens is 4. The SMILES string of the molecule is Cc1nc(NC(=O)c2ccc(Br)c(Cl)c2)c(Cl)cc1Cl. The lowest BCUT2D eigenvalue weighted by Crippen LogP contribution is -2.13. The van der Waals surface area contributed by atoms with Crippen molar-refractivity contribution in [2.45, 2.75) is 6.92 Å². The van der Waals surface area contributed by atoms with Gasteiger partial charge in [0, 0.05) is 10.0 Å². The summed E-state index contributed by atoms with van der Waals surface area (Å²) in [5.41, 5.74) is 0.990. The van der Waals surface area contributed by atoms with Gasteiger partial charge in [0.05, 0.1) is 20.8 Å². The third-order valence-corrected chi connectivity index (χ3v) is 4.42. The van der Waals surface area contributed by atoms with Crippen LogP contribution in [-0.4, -0.2) is 10.9 Å². The monoisotopic (exact) mass is 392 g/mol. The number of carbonyl (C=O) groups excluding carboxylic acids is 1. The van der Waals surface area contributed by atoms with Crippen molar-refractivity contribution >= 4 is 62.5 Å². The van der Waals surface area contributed by atoms with Crippen LogP contribution in [0.2, 0.25) is 15.1 Å². The fourth-order valence-electron chi connectivity index (χ4n) is 1.46. The summed E-state index contributed by atoms with van der Waals surface area (Å²) in [7, 11) is 0. The Morgan fingerprint density at radius 1 is 1.15 bits per heavy atom. The average molecular weight is 394 g/mol. The smallest absolute Gasteiger partial charge is 0.256 e. The highest BCUT2D eigenvalue weighted by molar-refractivity contribution is 9.10. The number of hydrogen-bond acceptors (Lipinski definition) is 2. The van der Waals surface area contributed by atoms with Crippen molar-refractivity contribution < 1.29 is 4.79 Å². The predicted octanol–water partition coefficient (Wildman–Crippen LogP) is 5.37. The molecule has 1 heterocycles. The molecule has 0 unspecified atom stereocenters. The first kappa shape index (κ1) is 15.6. The average Bonchev–Trinajstić information content (AvgIpc) is 2.39. The zero-order chi connectivity index (χ0) is 14.9. The lowest BCUT2D eigenvalue weighted by molar-refractivity contribution is 0.102. The maximum Gasteiger partial charge on any atom is 0.256 e. The topological polar surface area (TPSA) is 42.0 Å². The Bertz CT molecular complexity index is 692. The van der Waals surface area contributed by atoms with Crippen molar-refractivity contribution in [3.05, 3.63) is 55.1 Å². The number of pyridine rings is 1. The van der Waals surface area contributed by atoms with Crippen LogP contribution in [0, 0.1) is 6.92 Å². The van der Waals surface area contributed by atoms with E-state index in [2.05, 4.69) is 26.2 Å². The summed E-state index contributed by atoms with van der Waals surface area (Å²) in [6, 6.07) is 6.43. The second-order valence-electron chi connectivity index (χ2n) is 3.97. The summed E-state index contributed by atoms with van der Waals surface area (Å²) < 4.78 is 0.717. The van der Waals surface area contributed by atoms with Gasteiger partial charge in [0.15, 0.2) is 5.82 Å². The summed E-state index contributed by atoms with van der Waals surface area (Å²) in [6.45, 7) is 1.73. The zero-order valence-corrected chi connectivity index (χ0v) is 14.0. The predicted molar refractivity (Wildman–Crippen MR) is 86.1 cm³/mol. The van der Waals surface area contributed by atoms with Crippen LogP contribution in [0.4, 0.5) is 5.82 Å². The highest BCUT2D eigenvalue weighted by atomic mass is 79.9. The second-order valence-corrected chi connectivity index (χ2v) is 6.04. The summed E-state index contributed by atoms with van der Waals surface area (Å²) >= 11 is 21.1. The van der Waals surface area contributed by atoms with Crippen molar-refractivity contribution in [2.75, 3.05) is 5.32 Å². The second kappa shape index (κ2) is 6.31. The van der Waals surface area contributed by atoms with Crippen molar-refractivity contribution in [2.24, 2.45) is 0 Å². The van der Waals surface area contributed by atoms with Crippen LogP contribution in [0.25, 0.3) is 0 Å². The van der Waals surface area contributed by atoms with Gasteiger partial charge in [-0.05, 0) is 47.1 Å². The Balaban J connectivity index is 2.27. The molecule has 0 bridgehead atoms. The first-order chi connectivity index (χ1) is 9.38. The van der Waals surface area contributed by atoms with Gasteiger partial charge in [0.2, 0.25) is 0 Å². The molecular weight excluding hydrogens is 386 g/mol. The minimum Gasteiger partial charge on any atom is -0.305 e. The van der Waals surface area contributed by atoms with Gasteiger partial charge in [-0.25, -0.2) is 4.98 Å². The van der Waals surface area contributed by atoms with Crippen LogP contribution in [0.1, 0.15) is 16.1 Å². The minimum absolute atomic E-state index is 0.262. The maximum absolute atomic E-state index is 12.1. The molecule has 0 aliphatic carbocycles. The van der Waals surface area contributed by atoms with Gasteiger partial charge in [-0.2, -0.15) is 0 Å². The standard InChI is InChI=1S/C13H8BrCl3N2O/c1-6-9(15)5-11(17)12(18-6)19-13(20)7-2-3-8(14)10(16)4-7/h2-5H,1H3,(H,18,19,20). The summed E-state index contributed by atoms with van der Waals surface area (Å²) in [4.78, 5) is 16.2. The van der Waals surface area contributed by atoms with Gasteiger partial charge < -0.3 is 5.32 Å². The molecule has 0 spiro atoms. The highest BCUT2D eigenvalue weighted by Gasteiger charge is 2.12. The van der Waals surface area contributed by atoms with Gasteiger partial charge in [-0.3, -0.25) is 4.79 Å². The van der Waals surface area contributed by atoms with Gasteiger partial charge in [-0.1, -0.05) is 34.8 Å². The van der Waals surface area contributed by atoms with Crippen LogP contribution in [0.3, 0.4) is 0 Å². The summed E-state index contributed by atoms with van der Waals surface area (Å²) in [5.74, 6) is -0.0897. The molecule has 0 radical (unpaired) electrons. The fourth-order valence-corrected chi connectivity index (χ4v) is 2.30. The maximum atomic E-state index is 12.1. The third kappa shape index (κ3) is 3.44. The minimum atomic E-state index is -0.351. The molecule has 20 heavy (non-hydrogen) atoms. The Morgan fingerprint density at radius 3 is 2.50 bits per heavy atom. The molecule has 104 valence electrons. The Morgan fingerprint density at radius 2 is 1.85 bits per heavy atom. The Labute approximate surface area is 139 Å². The van der Waals surface area contributed by atoms with E-state index in [1.807, 2.05) is 0 Å². The molecular formula is C13H8BrCl3N2O. The van der Waals surface area contributed by atoms with Gasteiger partial charge in [-0.15, -0.1) is 0 Å². The van der Waals surface area contributed by atoms with Gasteiger partial charge in [0.25, 0.3) is 5.91 Å². The largest absolute Gasteiger partial charge is 0.305 e. The molecule has 1 aromatic carbocycles. The number of aromatic nitrogens is 1. The van der Waals surface area contributed by atoms with E-state index in [4.69, 9.17) is 34.8 Å². The van der Waals surface area contributed by atoms with Crippen LogP contribution in [-0.2, 0) is 0 Å². The number of benzene rings is 1. The molecule has 0 fully saturated rings. The van der Waals surface area contributed by atoms with Crippen molar-refractivity contribution in [1.29, 1.82) is 0 Å². The van der Waals surface area contributed by atoms with E-state index in [-0.39, 0.29) is 16.7 Å². The lowest BCUT2D eigenvalue weighted by Gasteiger charge is -2.09. The molecule has 0 atom stereocenters. The van der Waals surface area contributed by atoms with Crippen LogP contribution >= 0.6 is 50.7 Å². The lowest BCUT2D eigenvalue weighted by atomic mass is 10.2. The molecule has 1 amide bonds. The molecule has 0 saturated heterocycles. The van der Waals surface area contributed by atoms with E-state index >= 15 is 0 Å². The highest BCUT2D eigenvalue weighted by Crippen LogP contribution is 2.27. The summed E-state index contributed by atoms with van der Waals surface area (Å²) in [5, 5.41) is 3.79. The number of rotatable bonds is 2. The normalized spacial score (nSPS) is 10.4. The quantitative estimate of drug-likeness (QED) is 0.745. The molecule has 0 aliphatic rings. The molecule has 7 heteroatoms. The number of carbonyl (C=O) groups is 1. The van der Waals surface area contributed by atoms with Crippen molar-refractivity contribution in [3.8, 4) is 0 Å². The van der Waals surface area contributed by atoms with Crippen LogP contribution in [0.5, 0.6) is 0 Å². The van der Waals surface area contributed by atoms with Gasteiger partial charge in [0.1, 0.15) is 0 Å². The third-order valence-electron chi connectivity index (χ3n) is 2.52. The Hall–Kier alpha value is -0.810. The van der Waals surface area contributed by atoms with Gasteiger partial charge >= 0.3 is 0 Å². The molecule has 2 aromatic rings. The fraction of sp³-hybridized carbons (Fsp3) is 0.0769. The number of anilines is 1. The van der Waals surface area contributed by atoms with E-state index in [0.717, 1.165) is 0 Å². The van der Waals surface area contributed by atoms with Crippen LogP contribution in [0.15, 0.2) is 28.7 Å². The molecule has 3 nitrogen and oxygen atoms in total. The van der Waals surface area contributed by atoms with Crippen LogP contribution < -0.4 is 5.32 Å². The number of aryl methyl sites for hydroxylation is 1. The molecule has 2 rings (SSSR count). The zero-order valence-electron chi connectivity index (χ0n) is 10.2. The summed E-state index contributed by atoms with van der Waals surface area (Å²) in [6.07, 6.45) is 0. The molecule has 1 aromatic heterocycles. The van der Waals surface area contributed by atoms with E-state index < -0.39 is 0 Å². The number of nitrogens with one attached hydrogen (secondary N) is 1. The van der Waals surface area contributed by atoms with E-state index in [1.165, 1.54) is 6.07 Å².